The summed E-state index contributed by atoms with van der Waals surface area (Å²) >= 11 is 0. The number of sulfonamides is 1. The molecule has 1 N–H and O–H groups in total. The van der Waals surface area contributed by atoms with Crippen molar-refractivity contribution in [3.8, 4) is 0 Å². The highest BCUT2D eigenvalue weighted by Crippen LogP contribution is 2.26. The number of benzene rings is 1. The summed E-state index contributed by atoms with van der Waals surface area (Å²) in [6, 6.07) is 6.04. The Kier molecular flexibility index (Phi) is 6.69. The average molecular weight is 410 g/mol. The molecule has 0 unspecified atom stereocenters. The molecule has 8 nitrogen and oxygen atoms in total. The fraction of sp³-hybridized carbons (Fsp3) is 0.579. The molecule has 0 radical (unpaired) electrons. The maximum Gasteiger partial charge on any atom is 0.339 e. The van der Waals surface area contributed by atoms with Crippen molar-refractivity contribution in [2.24, 2.45) is 5.92 Å². The van der Waals surface area contributed by atoms with Crippen molar-refractivity contribution in [2.45, 2.75) is 37.0 Å². The number of carbonyl (C=O) groups excluding carboxylic acids is 2. The number of ether oxygens (including phenoxy) is 1. The summed E-state index contributed by atoms with van der Waals surface area (Å²) in [5.41, 5.74) is 2.99. The van der Waals surface area contributed by atoms with Crippen LogP contribution in [-0.4, -0.2) is 62.9 Å². The summed E-state index contributed by atoms with van der Waals surface area (Å²) in [5, 5.41) is 1.96. The van der Waals surface area contributed by atoms with Crippen LogP contribution in [0.1, 0.15) is 42.5 Å². The lowest BCUT2D eigenvalue weighted by atomic mass is 9.97. The summed E-state index contributed by atoms with van der Waals surface area (Å²) in [5.74, 6) is -0.923. The number of amides is 1. The number of piperidine rings is 2. The van der Waals surface area contributed by atoms with Gasteiger partial charge in [-0.25, -0.2) is 18.2 Å². The lowest BCUT2D eigenvalue weighted by molar-refractivity contribution is -0.131. The molecule has 0 aliphatic carbocycles. The Hall–Kier alpha value is -1.97. The van der Waals surface area contributed by atoms with E-state index in [-0.39, 0.29) is 35.4 Å². The van der Waals surface area contributed by atoms with E-state index in [4.69, 9.17) is 4.74 Å². The summed E-state index contributed by atoms with van der Waals surface area (Å²) in [6.45, 7) is 2.22. The molecule has 0 aromatic heterocycles. The molecule has 154 valence electrons. The van der Waals surface area contributed by atoms with Gasteiger partial charge in [-0.15, -0.1) is 0 Å². The SMILES string of the molecule is COC(=O)c1ccccc1S(=O)(=O)N1CCC(C(=O)NN2CCCCC2)CC1. The Morgan fingerprint density at radius 2 is 1.68 bits per heavy atom. The fourth-order valence-corrected chi connectivity index (χ4v) is 5.37. The second-order valence-electron chi connectivity index (χ2n) is 7.19. The van der Waals surface area contributed by atoms with Gasteiger partial charge in [-0.2, -0.15) is 4.31 Å². The maximum absolute atomic E-state index is 13.0. The first-order valence-corrected chi connectivity index (χ1v) is 11.1. The maximum atomic E-state index is 13.0. The van der Waals surface area contributed by atoms with Gasteiger partial charge in [0.25, 0.3) is 0 Å². The first-order valence-electron chi connectivity index (χ1n) is 9.66. The van der Waals surface area contributed by atoms with Crippen LogP contribution < -0.4 is 5.43 Å². The van der Waals surface area contributed by atoms with Gasteiger partial charge in [0.15, 0.2) is 0 Å². The Labute approximate surface area is 165 Å². The molecule has 1 amide bonds. The molecule has 1 aromatic carbocycles. The third kappa shape index (κ3) is 4.53. The van der Waals surface area contributed by atoms with Crippen LogP contribution in [-0.2, 0) is 19.6 Å². The van der Waals surface area contributed by atoms with Crippen LogP contribution in [0.15, 0.2) is 29.2 Å². The van der Waals surface area contributed by atoms with E-state index < -0.39 is 16.0 Å². The normalized spacial score (nSPS) is 19.9. The van der Waals surface area contributed by atoms with Gasteiger partial charge in [0.2, 0.25) is 15.9 Å². The first kappa shape index (κ1) is 20.8. The van der Waals surface area contributed by atoms with Gasteiger partial charge >= 0.3 is 5.97 Å². The van der Waals surface area contributed by atoms with Gasteiger partial charge in [-0.05, 0) is 37.8 Å². The topological polar surface area (TPSA) is 96.0 Å². The molecule has 9 heteroatoms. The molecule has 0 atom stereocenters. The third-order valence-corrected chi connectivity index (χ3v) is 7.32. The Morgan fingerprint density at radius 3 is 2.32 bits per heavy atom. The molecule has 1 aromatic rings. The van der Waals surface area contributed by atoms with Gasteiger partial charge < -0.3 is 4.74 Å². The van der Waals surface area contributed by atoms with E-state index in [0.29, 0.717) is 12.8 Å². The molecule has 2 fully saturated rings. The fourth-order valence-electron chi connectivity index (χ4n) is 3.72. The minimum absolute atomic E-state index is 0.0231. The second-order valence-corrected chi connectivity index (χ2v) is 9.10. The van der Waals surface area contributed by atoms with Crippen molar-refractivity contribution in [1.29, 1.82) is 0 Å². The smallest absolute Gasteiger partial charge is 0.339 e. The van der Waals surface area contributed by atoms with Crippen LogP contribution >= 0.6 is 0 Å². The van der Waals surface area contributed by atoms with Gasteiger partial charge in [-0.1, -0.05) is 18.6 Å². The van der Waals surface area contributed by atoms with E-state index in [0.717, 1.165) is 25.9 Å². The van der Waals surface area contributed by atoms with Crippen LogP contribution in [0.4, 0.5) is 0 Å². The zero-order valence-corrected chi connectivity index (χ0v) is 16.9. The molecule has 0 saturated carbocycles. The predicted molar refractivity (Wildman–Crippen MR) is 103 cm³/mol. The molecule has 28 heavy (non-hydrogen) atoms. The molecule has 2 heterocycles. The number of nitrogens with one attached hydrogen (secondary N) is 1. The quantitative estimate of drug-likeness (QED) is 0.739. The monoisotopic (exact) mass is 409 g/mol. The van der Waals surface area contributed by atoms with Crippen LogP contribution in [0.25, 0.3) is 0 Å². The first-order chi connectivity index (χ1) is 13.4. The highest BCUT2D eigenvalue weighted by atomic mass is 32.2. The third-order valence-electron chi connectivity index (χ3n) is 5.36. The number of hydrogen-bond donors (Lipinski definition) is 1. The minimum Gasteiger partial charge on any atom is -0.465 e. The highest BCUT2D eigenvalue weighted by molar-refractivity contribution is 7.89. The molecule has 2 aliphatic rings. The molecular weight excluding hydrogens is 382 g/mol. The van der Waals surface area contributed by atoms with Crippen LogP contribution in [0.5, 0.6) is 0 Å². The standard InChI is InChI=1S/C19H27N3O5S/c1-27-19(24)16-7-3-4-8-17(16)28(25,26)22-13-9-15(10-14-22)18(23)20-21-11-5-2-6-12-21/h3-4,7-8,15H,2,5-6,9-14H2,1H3,(H,20,23). The summed E-state index contributed by atoms with van der Waals surface area (Å²) in [7, 11) is -2.61. The highest BCUT2D eigenvalue weighted by Gasteiger charge is 2.34. The summed E-state index contributed by atoms with van der Waals surface area (Å²) in [4.78, 5) is 24.4. The second kappa shape index (κ2) is 9.02. The lowest BCUT2D eigenvalue weighted by Crippen LogP contribution is -2.49. The zero-order valence-electron chi connectivity index (χ0n) is 16.1. The zero-order chi connectivity index (χ0) is 20.1. The Balaban J connectivity index is 1.64. The number of rotatable bonds is 5. The van der Waals surface area contributed by atoms with Gasteiger partial charge in [0.1, 0.15) is 0 Å². The van der Waals surface area contributed by atoms with E-state index in [1.54, 1.807) is 12.1 Å². The predicted octanol–water partition coefficient (Wildman–Crippen LogP) is 1.39. The van der Waals surface area contributed by atoms with E-state index >= 15 is 0 Å². The Morgan fingerprint density at radius 1 is 1.04 bits per heavy atom. The molecule has 0 spiro atoms. The molecular formula is C19H27N3O5S. The van der Waals surface area contributed by atoms with E-state index in [1.807, 2.05) is 5.01 Å². The molecule has 2 saturated heterocycles. The molecule has 0 bridgehead atoms. The van der Waals surface area contributed by atoms with Gasteiger partial charge in [0, 0.05) is 32.1 Å². The van der Waals surface area contributed by atoms with Gasteiger partial charge in [0.05, 0.1) is 17.6 Å². The van der Waals surface area contributed by atoms with Crippen LogP contribution in [0.3, 0.4) is 0 Å². The average Bonchev–Trinajstić information content (AvgIpc) is 2.74. The van der Waals surface area contributed by atoms with E-state index in [2.05, 4.69) is 5.43 Å². The summed E-state index contributed by atoms with van der Waals surface area (Å²) in [6.07, 6.45) is 4.27. The van der Waals surface area contributed by atoms with Crippen molar-refractivity contribution in [3.05, 3.63) is 29.8 Å². The van der Waals surface area contributed by atoms with Crippen LogP contribution in [0.2, 0.25) is 0 Å². The van der Waals surface area contributed by atoms with Crippen molar-refractivity contribution in [1.82, 2.24) is 14.7 Å². The van der Waals surface area contributed by atoms with Crippen molar-refractivity contribution < 1.29 is 22.7 Å². The largest absolute Gasteiger partial charge is 0.465 e. The number of esters is 1. The Bertz CT molecular complexity index is 813. The minimum atomic E-state index is -3.83. The lowest BCUT2D eigenvalue weighted by Gasteiger charge is -2.33. The van der Waals surface area contributed by atoms with Crippen LogP contribution in [0, 0.1) is 5.92 Å². The number of hydrazine groups is 1. The van der Waals surface area contributed by atoms with Gasteiger partial charge in [-0.3, -0.25) is 10.2 Å². The summed E-state index contributed by atoms with van der Waals surface area (Å²) < 4.78 is 32.1. The van der Waals surface area contributed by atoms with E-state index in [9.17, 15) is 18.0 Å². The number of carbonyl (C=O) groups is 2. The molecule has 2 aliphatic heterocycles. The van der Waals surface area contributed by atoms with Crippen molar-refractivity contribution in [3.63, 3.8) is 0 Å². The number of nitrogens with zero attached hydrogens (tertiary/aromatic N) is 2. The number of methoxy groups -OCH3 is 1. The van der Waals surface area contributed by atoms with Crippen molar-refractivity contribution in [2.75, 3.05) is 33.3 Å². The molecule has 3 rings (SSSR count). The van der Waals surface area contributed by atoms with Crippen molar-refractivity contribution >= 4 is 21.9 Å². The van der Waals surface area contributed by atoms with E-state index in [1.165, 1.54) is 30.0 Å². The number of hydrogen-bond acceptors (Lipinski definition) is 6.